The van der Waals surface area contributed by atoms with Gasteiger partial charge in [0, 0.05) is 50.6 Å². The minimum absolute atomic E-state index is 0.102. The number of carbonyl (C=O) groups excluding carboxylic acids is 1. The van der Waals surface area contributed by atoms with E-state index in [0.29, 0.717) is 31.6 Å². The van der Waals surface area contributed by atoms with Gasteiger partial charge in [-0.1, -0.05) is 12.1 Å². The van der Waals surface area contributed by atoms with Crippen LogP contribution in [0.15, 0.2) is 66.1 Å². The highest BCUT2D eigenvalue weighted by Crippen LogP contribution is 2.14. The number of ether oxygens (including phenoxy) is 1. The number of sulfonamides is 1. The van der Waals surface area contributed by atoms with Crippen molar-refractivity contribution in [3.63, 3.8) is 0 Å². The Hall–Kier alpha value is -2.75. The molecular formula is C20H24N4O4S. The number of hydrogen-bond donors (Lipinski definition) is 3. The van der Waals surface area contributed by atoms with E-state index in [4.69, 9.17) is 4.74 Å². The maximum Gasteiger partial charge on any atom is 0.253 e. The summed E-state index contributed by atoms with van der Waals surface area (Å²) in [5.74, 6) is -0.272. The largest absolute Gasteiger partial charge is 0.381 e. The normalized spacial score (nSPS) is 14.8. The number of nitrogens with one attached hydrogen (secondary N) is 3. The Kier molecular flexibility index (Phi) is 7.34. The van der Waals surface area contributed by atoms with Crippen molar-refractivity contribution in [2.45, 2.75) is 30.3 Å². The lowest BCUT2D eigenvalue weighted by Gasteiger charge is -2.23. The molecule has 29 heavy (non-hydrogen) atoms. The van der Waals surface area contributed by atoms with Gasteiger partial charge in [-0.2, -0.15) is 0 Å². The van der Waals surface area contributed by atoms with Crippen molar-refractivity contribution in [1.29, 1.82) is 0 Å². The number of aromatic nitrogens is 2. The summed E-state index contributed by atoms with van der Waals surface area (Å²) in [6.45, 7) is 1.40. The van der Waals surface area contributed by atoms with Gasteiger partial charge in [0.1, 0.15) is 0 Å². The first-order valence-electron chi connectivity index (χ1n) is 9.33. The highest BCUT2D eigenvalue weighted by Gasteiger charge is 2.22. The zero-order chi connectivity index (χ0) is 20.5. The fourth-order valence-corrected chi connectivity index (χ4v) is 4.13. The van der Waals surface area contributed by atoms with Crippen LogP contribution in [-0.4, -0.2) is 43.5 Å². The average molecular weight is 417 g/mol. The Labute approximate surface area is 170 Å². The molecule has 1 aromatic carbocycles. The van der Waals surface area contributed by atoms with Crippen LogP contribution in [0.25, 0.3) is 0 Å². The summed E-state index contributed by atoms with van der Waals surface area (Å²) in [6.07, 6.45) is 7.69. The third-order valence-electron chi connectivity index (χ3n) is 4.43. The van der Waals surface area contributed by atoms with E-state index >= 15 is 0 Å². The van der Waals surface area contributed by atoms with Crippen LogP contribution in [0, 0.1) is 0 Å². The summed E-state index contributed by atoms with van der Waals surface area (Å²) in [5.41, 5.74) is 1.20. The van der Waals surface area contributed by atoms with Gasteiger partial charge >= 0.3 is 0 Å². The second-order valence-electron chi connectivity index (χ2n) is 6.58. The summed E-state index contributed by atoms with van der Waals surface area (Å²) in [5, 5.41) is 2.81. The van der Waals surface area contributed by atoms with Gasteiger partial charge in [-0.15, -0.1) is 0 Å². The molecule has 9 heteroatoms. The van der Waals surface area contributed by atoms with Crippen molar-refractivity contribution in [1.82, 2.24) is 20.0 Å². The van der Waals surface area contributed by atoms with Gasteiger partial charge in [-0.25, -0.2) is 13.1 Å². The van der Waals surface area contributed by atoms with Gasteiger partial charge in [-0.05, 0) is 42.7 Å². The van der Waals surface area contributed by atoms with E-state index in [-0.39, 0.29) is 23.4 Å². The van der Waals surface area contributed by atoms with E-state index in [0.717, 1.165) is 5.56 Å². The second kappa shape index (κ2) is 10.1. The molecule has 0 atom stereocenters. The molecule has 1 aliphatic heterocycles. The van der Waals surface area contributed by atoms with Crippen LogP contribution in [0.3, 0.4) is 0 Å². The Morgan fingerprint density at radius 1 is 1.14 bits per heavy atom. The molecule has 1 aromatic heterocycles. The molecule has 0 unspecified atom stereocenters. The van der Waals surface area contributed by atoms with Crippen molar-refractivity contribution in [2.24, 2.45) is 0 Å². The molecule has 154 valence electrons. The third kappa shape index (κ3) is 6.38. The Morgan fingerprint density at radius 3 is 2.66 bits per heavy atom. The fraction of sp³-hybridized carbons (Fsp3) is 0.300. The molecule has 8 nitrogen and oxygen atoms in total. The van der Waals surface area contributed by atoms with Gasteiger partial charge in [0.25, 0.3) is 5.91 Å². The Morgan fingerprint density at radius 2 is 1.90 bits per heavy atom. The lowest BCUT2D eigenvalue weighted by molar-refractivity contribution is 0.0832. The van der Waals surface area contributed by atoms with E-state index in [1.165, 1.54) is 6.20 Å². The summed E-state index contributed by atoms with van der Waals surface area (Å²) in [7, 11) is -3.58. The molecule has 3 rings (SSSR count). The van der Waals surface area contributed by atoms with Crippen molar-refractivity contribution >= 4 is 15.9 Å². The maximum absolute atomic E-state index is 12.5. The van der Waals surface area contributed by atoms with Crippen molar-refractivity contribution in [2.75, 3.05) is 13.2 Å². The first-order chi connectivity index (χ1) is 14.0. The highest BCUT2D eigenvalue weighted by atomic mass is 32.2. The molecular weight excluding hydrogens is 392 g/mol. The molecule has 0 saturated carbocycles. The van der Waals surface area contributed by atoms with Gasteiger partial charge in [0.15, 0.2) is 0 Å². The van der Waals surface area contributed by atoms with Crippen LogP contribution < -0.4 is 10.0 Å². The van der Waals surface area contributed by atoms with Crippen molar-refractivity contribution in [3.05, 3.63) is 72.3 Å². The molecule has 1 aliphatic rings. The number of amides is 1. The first kappa shape index (κ1) is 21.0. The maximum atomic E-state index is 12.5. The molecule has 1 amide bonds. The van der Waals surface area contributed by atoms with Crippen LogP contribution in [0.1, 0.15) is 28.8 Å². The summed E-state index contributed by atoms with van der Waals surface area (Å²) < 4.78 is 33.0. The first-order valence-corrected chi connectivity index (χ1v) is 10.8. The van der Waals surface area contributed by atoms with Crippen LogP contribution in [0.5, 0.6) is 0 Å². The van der Waals surface area contributed by atoms with Crippen molar-refractivity contribution in [3.8, 4) is 0 Å². The highest BCUT2D eigenvalue weighted by molar-refractivity contribution is 7.89. The molecule has 2 aromatic rings. The predicted octanol–water partition coefficient (Wildman–Crippen LogP) is 1.92. The summed E-state index contributed by atoms with van der Waals surface area (Å²) in [6, 6.07) is 9.73. The van der Waals surface area contributed by atoms with Crippen LogP contribution in [0.4, 0.5) is 0 Å². The van der Waals surface area contributed by atoms with Gasteiger partial charge in [0.2, 0.25) is 10.0 Å². The standard InChI is InChI=1S/C20H24N4O4S/c25-20(17-2-1-9-21-10-11-22-15-17)23-14-16-3-5-19(6-4-16)29(26,27)24-18-7-12-28-13-8-18/h1-6,9-11,15,18,21,24H,7-8,12-14H2,(H,23,25). The molecule has 3 N–H and O–H groups in total. The number of rotatable bonds is 6. The van der Waals surface area contributed by atoms with Gasteiger partial charge in [0.05, 0.1) is 10.5 Å². The second-order valence-corrected chi connectivity index (χ2v) is 8.29. The zero-order valence-corrected chi connectivity index (χ0v) is 16.7. The lowest BCUT2D eigenvalue weighted by Crippen LogP contribution is -2.38. The van der Waals surface area contributed by atoms with E-state index in [1.54, 1.807) is 55.0 Å². The molecule has 0 aliphatic carbocycles. The molecule has 0 bridgehead atoms. The SMILES string of the molecule is O=C(NCc1ccc(S(=O)(=O)NC2CCOCC2)cc1)c1ccc[nH]ccnc1. The van der Waals surface area contributed by atoms with E-state index in [1.807, 2.05) is 0 Å². The monoisotopic (exact) mass is 416 g/mol. The number of carbonyl (C=O) groups is 1. The predicted molar refractivity (Wildman–Crippen MR) is 108 cm³/mol. The number of hydrogen-bond acceptors (Lipinski definition) is 5. The number of H-pyrrole nitrogens is 1. The van der Waals surface area contributed by atoms with Crippen molar-refractivity contribution < 1.29 is 17.9 Å². The average Bonchev–Trinajstić information content (AvgIpc) is 2.87. The molecule has 0 spiro atoms. The van der Waals surface area contributed by atoms with Crippen LogP contribution >= 0.6 is 0 Å². The van der Waals surface area contributed by atoms with E-state index < -0.39 is 10.0 Å². The minimum Gasteiger partial charge on any atom is -0.381 e. The topological polar surface area (TPSA) is 113 Å². The Bertz CT molecular complexity index is 942. The number of nitrogens with zero attached hydrogens (tertiary/aromatic N) is 1. The quantitative estimate of drug-likeness (QED) is 0.666. The molecule has 1 fully saturated rings. The molecule has 0 radical (unpaired) electrons. The van der Waals surface area contributed by atoms with Gasteiger partial charge in [-0.3, -0.25) is 9.78 Å². The van der Waals surface area contributed by atoms with Gasteiger partial charge < -0.3 is 15.0 Å². The van der Waals surface area contributed by atoms with E-state index in [2.05, 4.69) is 20.0 Å². The van der Waals surface area contributed by atoms with E-state index in [9.17, 15) is 13.2 Å². The van der Waals surface area contributed by atoms with Crippen LogP contribution in [0.2, 0.25) is 0 Å². The van der Waals surface area contributed by atoms with Crippen LogP contribution in [-0.2, 0) is 21.3 Å². The Balaban J connectivity index is 1.60. The number of aromatic amines is 1. The summed E-state index contributed by atoms with van der Waals surface area (Å²) in [4.78, 5) is 19.4. The molecule has 1 saturated heterocycles. The minimum atomic E-state index is -3.58. The fourth-order valence-electron chi connectivity index (χ4n) is 2.82. The smallest absolute Gasteiger partial charge is 0.253 e. The number of benzene rings is 1. The molecule has 2 heterocycles. The third-order valence-corrected chi connectivity index (χ3v) is 5.97. The summed E-state index contributed by atoms with van der Waals surface area (Å²) >= 11 is 0. The lowest BCUT2D eigenvalue weighted by atomic mass is 10.1. The zero-order valence-electron chi connectivity index (χ0n) is 15.9.